The van der Waals surface area contributed by atoms with Gasteiger partial charge in [-0.3, -0.25) is 15.0 Å². The number of aliphatic carboxylic acids is 1. The predicted molar refractivity (Wildman–Crippen MR) is 176 cm³/mol. The quantitative estimate of drug-likeness (QED) is 0.0452. The second-order valence-electron chi connectivity index (χ2n) is 10.3. The summed E-state index contributed by atoms with van der Waals surface area (Å²) in [5.41, 5.74) is 6.56. The van der Waals surface area contributed by atoms with E-state index in [-0.39, 0.29) is 53.9 Å². The Morgan fingerprint density at radius 2 is 1.71 bits per heavy atom. The van der Waals surface area contributed by atoms with E-state index in [0.29, 0.717) is 11.3 Å². The van der Waals surface area contributed by atoms with Gasteiger partial charge in [-0.25, -0.2) is 19.2 Å². The van der Waals surface area contributed by atoms with Gasteiger partial charge in [-0.1, -0.05) is 0 Å². The maximum Gasteiger partial charge on any atom is 0.511 e. The van der Waals surface area contributed by atoms with Crippen LogP contribution in [0.1, 0.15) is 50.7 Å². The Morgan fingerprint density at radius 1 is 1.04 bits per heavy atom. The molecule has 0 unspecified atom stereocenters. The molecule has 4 rings (SSSR count). The molecule has 1 atom stereocenters. The van der Waals surface area contributed by atoms with Gasteiger partial charge in [0.1, 0.15) is 30.8 Å². The van der Waals surface area contributed by atoms with Crippen molar-refractivity contribution in [2.75, 3.05) is 32.4 Å². The molecular formula is C32H37FN8O10. The summed E-state index contributed by atoms with van der Waals surface area (Å²) >= 11 is 0. The van der Waals surface area contributed by atoms with Crippen LogP contribution >= 0.6 is 0 Å². The van der Waals surface area contributed by atoms with Crippen LogP contribution in [0.25, 0.3) is 5.95 Å². The van der Waals surface area contributed by atoms with Gasteiger partial charge in [0.25, 0.3) is 11.9 Å². The smallest absolute Gasteiger partial charge is 0.497 e. The molecule has 5 N–H and O–H groups in total. The Labute approximate surface area is 291 Å². The van der Waals surface area contributed by atoms with Crippen LogP contribution in [0.5, 0.6) is 17.5 Å². The molecule has 0 aliphatic carbocycles. The predicted octanol–water partition coefficient (Wildman–Crippen LogP) is 3.62. The maximum absolute atomic E-state index is 16.2. The Morgan fingerprint density at radius 3 is 2.29 bits per heavy atom. The number of carbonyl (C=O) groups excluding carboxylic acids is 2. The molecule has 2 aromatic heterocycles. The monoisotopic (exact) mass is 712 g/mol. The number of carboxylic acids is 1. The molecule has 0 aliphatic rings. The molecule has 0 saturated carbocycles. The van der Waals surface area contributed by atoms with Crippen molar-refractivity contribution >= 4 is 29.6 Å². The molecule has 0 aliphatic heterocycles. The van der Waals surface area contributed by atoms with Gasteiger partial charge in [-0.15, -0.1) is 9.78 Å². The van der Waals surface area contributed by atoms with Gasteiger partial charge in [-0.05, 0) is 50.2 Å². The van der Waals surface area contributed by atoms with Gasteiger partial charge >= 0.3 is 18.1 Å². The van der Waals surface area contributed by atoms with Gasteiger partial charge < -0.3 is 44.6 Å². The lowest BCUT2D eigenvalue weighted by molar-refractivity contribution is -0.141. The summed E-state index contributed by atoms with van der Waals surface area (Å²) in [6.45, 7) is 4.80. The fraction of sp³-hybridized carbons (Fsp3) is 0.312. The van der Waals surface area contributed by atoms with E-state index >= 15 is 4.39 Å². The molecule has 51 heavy (non-hydrogen) atoms. The summed E-state index contributed by atoms with van der Waals surface area (Å²) in [5, 5.41) is 22.8. The van der Waals surface area contributed by atoms with E-state index < -0.39 is 42.8 Å². The van der Waals surface area contributed by atoms with Crippen LogP contribution in [0.4, 0.5) is 14.9 Å². The van der Waals surface area contributed by atoms with E-state index in [4.69, 9.17) is 49.5 Å². The number of rotatable bonds is 15. The average Bonchev–Trinajstić information content (AvgIpc) is 3.50. The highest BCUT2D eigenvalue weighted by molar-refractivity contribution is 5.95. The Balaban J connectivity index is 0.00000166. The molecule has 0 saturated heterocycles. The van der Waals surface area contributed by atoms with Crippen LogP contribution in [0.3, 0.4) is 0 Å². The molecule has 0 bridgehead atoms. The van der Waals surface area contributed by atoms with E-state index in [9.17, 15) is 9.59 Å². The number of benzene rings is 2. The normalized spacial score (nSPS) is 11.0. The molecule has 4 aromatic rings. The third-order valence-corrected chi connectivity index (χ3v) is 6.03. The summed E-state index contributed by atoms with van der Waals surface area (Å²) in [4.78, 5) is 44.9. The Bertz CT molecular complexity index is 1780. The number of nitrogens with two attached hydrogens (primary N) is 1. The summed E-state index contributed by atoms with van der Waals surface area (Å²) in [5.74, 6) is -2.19. The largest absolute Gasteiger partial charge is 0.511 e. The first-order chi connectivity index (χ1) is 24.3. The van der Waals surface area contributed by atoms with Crippen molar-refractivity contribution in [3.63, 3.8) is 0 Å². The van der Waals surface area contributed by atoms with E-state index in [0.717, 1.165) is 11.6 Å². The van der Waals surface area contributed by atoms with Crippen LogP contribution in [-0.2, 0) is 23.8 Å². The Kier molecular flexibility index (Phi) is 14.4. The number of anilines is 1. The van der Waals surface area contributed by atoms with Crippen LogP contribution in [-0.4, -0.2) is 87.0 Å². The Hall–Kier alpha value is -6.53. The van der Waals surface area contributed by atoms with Crippen LogP contribution in [0.15, 0.2) is 54.9 Å². The van der Waals surface area contributed by atoms with Crippen molar-refractivity contribution in [2.24, 2.45) is 5.73 Å². The number of ether oxygens (including phenoxy) is 6. The lowest BCUT2D eigenvalue weighted by Gasteiger charge is -2.21. The molecule has 272 valence electrons. The number of halogens is 1. The lowest BCUT2D eigenvalue weighted by atomic mass is 10.0. The number of hydrogen-bond acceptors (Lipinski definition) is 15. The standard InChI is InChI=1S/C30H33FN8O8.C2H4O2/c1-17(2)47-30(41)46-16-45-29-37-27(38-39(29)28-34-10-5-11-35-28)25(36-20-8-6-19(7-9-20)26(32)33)22-14-21(42-4)15-23(24(22)31)44-13-12-43-18(3)40;1-2(3)4/h5-11,14-15,17,25,36H,12-13,16H2,1-4H3,(H3,32,33);1H3,(H,3,4)/t25-;/m1./s1. The minimum absolute atomic E-state index is 0.00285. The molecule has 2 heterocycles. The summed E-state index contributed by atoms with van der Waals surface area (Å²) in [6.07, 6.45) is 1.56. The van der Waals surface area contributed by atoms with E-state index in [1.807, 2.05) is 0 Å². The van der Waals surface area contributed by atoms with Crippen LogP contribution in [0, 0.1) is 11.2 Å². The molecular weight excluding hydrogens is 675 g/mol. The van der Waals surface area contributed by atoms with Crippen molar-refractivity contribution in [3.8, 4) is 23.5 Å². The highest BCUT2D eigenvalue weighted by atomic mass is 19.1. The number of nitrogens with zero attached hydrogens (tertiary/aromatic N) is 5. The zero-order valence-corrected chi connectivity index (χ0v) is 28.3. The first kappa shape index (κ1) is 38.9. The molecule has 0 radical (unpaired) electrons. The second-order valence-corrected chi connectivity index (χ2v) is 10.3. The zero-order valence-electron chi connectivity index (χ0n) is 28.3. The number of nitrogens with one attached hydrogen (secondary N) is 2. The molecule has 0 spiro atoms. The number of amidine groups is 1. The molecule has 0 amide bonds. The van der Waals surface area contributed by atoms with Gasteiger partial charge in [0.2, 0.25) is 6.79 Å². The zero-order chi connectivity index (χ0) is 37.5. The number of esters is 1. The van der Waals surface area contributed by atoms with E-state index in [2.05, 4.69) is 25.4 Å². The van der Waals surface area contributed by atoms with Gasteiger partial charge in [0.05, 0.1) is 13.2 Å². The van der Waals surface area contributed by atoms with Crippen molar-refractivity contribution in [1.29, 1.82) is 5.41 Å². The van der Waals surface area contributed by atoms with Crippen molar-refractivity contribution in [1.82, 2.24) is 24.7 Å². The minimum atomic E-state index is -1.14. The number of aromatic nitrogens is 5. The van der Waals surface area contributed by atoms with Crippen molar-refractivity contribution in [3.05, 3.63) is 77.6 Å². The lowest BCUT2D eigenvalue weighted by Crippen LogP contribution is -2.18. The molecule has 0 fully saturated rings. The van der Waals surface area contributed by atoms with E-state index in [1.54, 1.807) is 44.2 Å². The number of methoxy groups -OCH3 is 1. The first-order valence-corrected chi connectivity index (χ1v) is 15.0. The second kappa shape index (κ2) is 18.9. The van der Waals surface area contributed by atoms with Crippen molar-refractivity contribution in [2.45, 2.75) is 39.8 Å². The minimum Gasteiger partial charge on any atom is -0.497 e. The van der Waals surface area contributed by atoms with Crippen LogP contribution in [0.2, 0.25) is 0 Å². The highest BCUT2D eigenvalue weighted by Gasteiger charge is 2.29. The SMILES string of the molecule is CC(=O)O.COc1cc(OCCOC(C)=O)c(F)c([C@@H](Nc2ccc(C(=N)N)cc2)c2nc(OCOC(=O)OC(C)C)n(-c3ncccn3)n2)c1. The summed E-state index contributed by atoms with van der Waals surface area (Å²) in [7, 11) is 1.40. The third-order valence-electron chi connectivity index (χ3n) is 6.03. The number of carboxylic acid groups (broad SMARTS) is 1. The fourth-order valence-electron chi connectivity index (χ4n) is 3.97. The number of carbonyl (C=O) groups is 3. The van der Waals surface area contributed by atoms with Gasteiger partial charge in [-0.2, -0.15) is 4.98 Å². The summed E-state index contributed by atoms with van der Waals surface area (Å²) < 4.78 is 48.9. The summed E-state index contributed by atoms with van der Waals surface area (Å²) in [6, 6.07) is 9.54. The van der Waals surface area contributed by atoms with Gasteiger partial charge in [0, 0.05) is 49.1 Å². The highest BCUT2D eigenvalue weighted by Crippen LogP contribution is 2.36. The molecule has 2 aromatic carbocycles. The maximum atomic E-state index is 16.2. The first-order valence-electron chi connectivity index (χ1n) is 15.0. The average molecular weight is 713 g/mol. The van der Waals surface area contributed by atoms with Crippen molar-refractivity contribution < 1.29 is 52.3 Å². The topological polar surface area (TPSA) is 245 Å². The number of nitrogen functional groups attached to an aromatic ring is 1. The fourth-order valence-corrected chi connectivity index (χ4v) is 3.97. The van der Waals surface area contributed by atoms with Gasteiger partial charge in [0.15, 0.2) is 17.4 Å². The molecule has 18 nitrogen and oxygen atoms in total. The number of hydrogen-bond donors (Lipinski definition) is 4. The molecule has 19 heteroatoms. The van der Waals surface area contributed by atoms with E-state index in [1.165, 1.54) is 38.6 Å². The third kappa shape index (κ3) is 12.1. The van der Waals surface area contributed by atoms with Crippen LogP contribution < -0.4 is 25.3 Å².